The second-order valence-electron chi connectivity index (χ2n) is 4.53. The Bertz CT molecular complexity index is 856. The molecule has 2 N–H and O–H groups in total. The van der Waals surface area contributed by atoms with E-state index < -0.39 is 11.3 Å². The largest absolute Gasteiger partial charge is 0.360 e. The molecule has 0 aliphatic heterocycles. The molecule has 1 heterocycles. The molecule has 3 rings (SSSR count). The number of benzene rings is 2. The second-order valence-corrected chi connectivity index (χ2v) is 4.53. The molecule has 0 aliphatic rings. The van der Waals surface area contributed by atoms with Crippen LogP contribution in [-0.4, -0.2) is 16.1 Å². The lowest BCUT2D eigenvalue weighted by Gasteiger charge is -2.14. The van der Waals surface area contributed by atoms with E-state index in [9.17, 15) is 14.8 Å². The summed E-state index contributed by atoms with van der Waals surface area (Å²) in [7, 11) is 0. The second kappa shape index (κ2) is 5.22. The zero-order chi connectivity index (χ0) is 14.8. The number of nitrogens with zero attached hydrogens (tertiary/aromatic N) is 1. The highest BCUT2D eigenvalue weighted by Crippen LogP contribution is 2.14. The Labute approximate surface area is 120 Å². The van der Waals surface area contributed by atoms with E-state index in [1.807, 2.05) is 0 Å². The van der Waals surface area contributed by atoms with Crippen LogP contribution in [0.2, 0.25) is 0 Å². The number of pyridine rings is 1. The van der Waals surface area contributed by atoms with E-state index in [1.165, 1.54) is 6.20 Å². The maximum absolute atomic E-state index is 12.3. The lowest BCUT2D eigenvalue weighted by atomic mass is 10.1. The molecular weight excluding hydrogens is 268 g/mol. The quantitative estimate of drug-likeness (QED) is 0.559. The molecule has 0 atom stereocenters. The number of aromatic nitrogens is 1. The summed E-state index contributed by atoms with van der Waals surface area (Å²) in [5, 5.41) is 10.8. The fourth-order valence-electron chi connectivity index (χ4n) is 2.13. The van der Waals surface area contributed by atoms with Gasteiger partial charge in [-0.25, -0.2) is 0 Å². The number of carbonyl (C=O) groups is 1. The van der Waals surface area contributed by atoms with Gasteiger partial charge in [-0.1, -0.05) is 30.3 Å². The van der Waals surface area contributed by atoms with Crippen LogP contribution in [0.5, 0.6) is 0 Å². The predicted octanol–water partition coefficient (Wildman–Crippen LogP) is 2.56. The van der Waals surface area contributed by atoms with Gasteiger partial charge in [-0.05, 0) is 24.3 Å². The van der Waals surface area contributed by atoms with Crippen LogP contribution in [0.15, 0.2) is 65.6 Å². The van der Waals surface area contributed by atoms with Gasteiger partial charge >= 0.3 is 0 Å². The first kappa shape index (κ1) is 13.1. The fraction of sp³-hybridized carbons (Fsp3) is 0. The third-order valence-corrected chi connectivity index (χ3v) is 3.21. The Morgan fingerprint density at radius 2 is 1.67 bits per heavy atom. The third-order valence-electron chi connectivity index (χ3n) is 3.21. The Balaban J connectivity index is 2.06. The van der Waals surface area contributed by atoms with Gasteiger partial charge in [0.05, 0.1) is 5.69 Å². The van der Waals surface area contributed by atoms with Gasteiger partial charge in [-0.2, -0.15) is 5.06 Å². The van der Waals surface area contributed by atoms with Gasteiger partial charge < -0.3 is 4.98 Å². The lowest BCUT2D eigenvalue weighted by molar-refractivity contribution is 0.0853. The van der Waals surface area contributed by atoms with E-state index in [-0.39, 0.29) is 5.56 Å². The highest BCUT2D eigenvalue weighted by Gasteiger charge is 2.19. The highest BCUT2D eigenvalue weighted by molar-refractivity contribution is 6.05. The number of carbonyl (C=O) groups excluding carboxylic acids is 1. The molecule has 3 aromatic rings. The maximum Gasteiger partial charge on any atom is 0.287 e. The van der Waals surface area contributed by atoms with E-state index >= 15 is 0 Å². The summed E-state index contributed by atoms with van der Waals surface area (Å²) in [4.78, 5) is 27.5. The lowest BCUT2D eigenvalue weighted by Crippen LogP contribution is -2.31. The van der Waals surface area contributed by atoms with Crippen LogP contribution < -0.4 is 10.5 Å². The van der Waals surface area contributed by atoms with E-state index in [0.717, 1.165) is 0 Å². The normalized spacial score (nSPS) is 10.5. The molecule has 21 heavy (non-hydrogen) atoms. The van der Waals surface area contributed by atoms with Crippen LogP contribution in [0.25, 0.3) is 10.9 Å². The van der Waals surface area contributed by atoms with E-state index in [0.29, 0.717) is 21.7 Å². The minimum Gasteiger partial charge on any atom is -0.360 e. The summed E-state index contributed by atoms with van der Waals surface area (Å²) in [6.07, 6.45) is 1.32. The van der Waals surface area contributed by atoms with Gasteiger partial charge in [0.2, 0.25) is 5.43 Å². The number of H-pyrrole nitrogens is 1. The molecule has 0 radical (unpaired) electrons. The number of nitrogens with one attached hydrogen (secondary N) is 1. The van der Waals surface area contributed by atoms with Crippen molar-refractivity contribution >= 4 is 22.5 Å². The average molecular weight is 280 g/mol. The Morgan fingerprint density at radius 3 is 2.43 bits per heavy atom. The van der Waals surface area contributed by atoms with Crippen LogP contribution in [0.3, 0.4) is 0 Å². The monoisotopic (exact) mass is 280 g/mol. The third kappa shape index (κ3) is 2.30. The van der Waals surface area contributed by atoms with Crippen molar-refractivity contribution in [3.63, 3.8) is 0 Å². The number of para-hydroxylation sites is 2. The SMILES string of the molecule is O=C(c1c[nH]c2ccccc2c1=O)N(O)c1ccccc1. The Kier molecular flexibility index (Phi) is 3.25. The van der Waals surface area contributed by atoms with Gasteiger partial charge in [0.25, 0.3) is 5.91 Å². The zero-order valence-corrected chi connectivity index (χ0v) is 11.0. The number of fused-ring (bicyclic) bond motifs is 1. The van der Waals surface area contributed by atoms with Crippen LogP contribution >= 0.6 is 0 Å². The van der Waals surface area contributed by atoms with Gasteiger partial charge in [-0.3, -0.25) is 14.8 Å². The first-order valence-corrected chi connectivity index (χ1v) is 6.37. The average Bonchev–Trinajstić information content (AvgIpc) is 2.55. The van der Waals surface area contributed by atoms with Gasteiger partial charge in [0.1, 0.15) is 5.56 Å². The smallest absolute Gasteiger partial charge is 0.287 e. The predicted molar refractivity (Wildman–Crippen MR) is 79.6 cm³/mol. The number of hydrogen-bond donors (Lipinski definition) is 2. The van der Waals surface area contributed by atoms with E-state index in [2.05, 4.69) is 4.98 Å². The molecule has 104 valence electrons. The van der Waals surface area contributed by atoms with Crippen molar-refractivity contribution in [2.75, 3.05) is 5.06 Å². The van der Waals surface area contributed by atoms with E-state index in [1.54, 1.807) is 54.6 Å². The number of amides is 1. The van der Waals surface area contributed by atoms with Crippen molar-refractivity contribution in [2.24, 2.45) is 0 Å². The standard InChI is InChI=1S/C16H12N2O3/c19-15-12-8-4-5-9-14(12)17-10-13(15)16(20)18(21)11-6-2-1-3-7-11/h1-10,21H,(H,17,19). The zero-order valence-electron chi connectivity index (χ0n) is 11.0. The minimum atomic E-state index is -0.770. The number of anilines is 1. The van der Waals surface area contributed by atoms with Crippen LogP contribution in [-0.2, 0) is 0 Å². The number of hydrogen-bond acceptors (Lipinski definition) is 3. The molecule has 1 aromatic heterocycles. The van der Waals surface area contributed by atoms with Gasteiger partial charge in [0.15, 0.2) is 0 Å². The molecule has 5 heteroatoms. The fourth-order valence-corrected chi connectivity index (χ4v) is 2.13. The number of hydroxylamine groups is 1. The summed E-state index contributed by atoms with van der Waals surface area (Å²) in [6, 6.07) is 15.2. The van der Waals surface area contributed by atoms with Crippen molar-refractivity contribution in [3.8, 4) is 0 Å². The molecule has 5 nitrogen and oxygen atoms in total. The molecule has 0 saturated heterocycles. The molecule has 2 aromatic carbocycles. The van der Waals surface area contributed by atoms with Crippen molar-refractivity contribution in [3.05, 3.63) is 76.6 Å². The summed E-state index contributed by atoms with van der Waals surface area (Å²) in [5.74, 6) is -0.770. The van der Waals surface area contributed by atoms with Crippen molar-refractivity contribution < 1.29 is 10.0 Å². The van der Waals surface area contributed by atoms with Gasteiger partial charge in [0, 0.05) is 17.1 Å². The van der Waals surface area contributed by atoms with Crippen molar-refractivity contribution in [2.45, 2.75) is 0 Å². The van der Waals surface area contributed by atoms with Gasteiger partial charge in [-0.15, -0.1) is 0 Å². The summed E-state index contributed by atoms with van der Waals surface area (Å²) in [5.41, 5.74) is 0.419. The molecule has 0 aliphatic carbocycles. The number of rotatable bonds is 2. The van der Waals surface area contributed by atoms with Crippen LogP contribution in [0.4, 0.5) is 5.69 Å². The molecular formula is C16H12N2O3. The van der Waals surface area contributed by atoms with Crippen LogP contribution in [0, 0.1) is 0 Å². The van der Waals surface area contributed by atoms with Crippen molar-refractivity contribution in [1.29, 1.82) is 0 Å². The molecule has 0 saturated carbocycles. The number of aromatic amines is 1. The van der Waals surface area contributed by atoms with Crippen LogP contribution in [0.1, 0.15) is 10.4 Å². The molecule has 0 unspecified atom stereocenters. The molecule has 1 amide bonds. The summed E-state index contributed by atoms with van der Waals surface area (Å²) < 4.78 is 0. The minimum absolute atomic E-state index is 0.111. The molecule has 0 spiro atoms. The summed E-state index contributed by atoms with van der Waals surface area (Å²) >= 11 is 0. The first-order valence-electron chi connectivity index (χ1n) is 6.37. The summed E-state index contributed by atoms with van der Waals surface area (Å²) in [6.45, 7) is 0. The maximum atomic E-state index is 12.3. The first-order chi connectivity index (χ1) is 10.2. The Hall–Kier alpha value is -2.92. The van der Waals surface area contributed by atoms with Crippen molar-refractivity contribution in [1.82, 2.24) is 4.98 Å². The molecule has 0 fully saturated rings. The molecule has 0 bridgehead atoms. The Morgan fingerprint density at radius 1 is 1.00 bits per heavy atom. The highest BCUT2D eigenvalue weighted by atomic mass is 16.5. The van der Waals surface area contributed by atoms with E-state index in [4.69, 9.17) is 0 Å². The topological polar surface area (TPSA) is 73.4 Å².